The maximum Gasteiger partial charge on any atom is 0.229 e. The number of phenolic OH excluding ortho intramolecular Hbond substituents is 1. The normalized spacial score (nSPS) is 30.0. The molecule has 9 nitrogen and oxygen atoms in total. The number of phenols is 1. The Bertz CT molecular complexity index is 601. The van der Waals surface area contributed by atoms with Crippen molar-refractivity contribution in [2.45, 2.75) is 37.6 Å². The number of ether oxygens (including phenoxy) is 3. The third kappa shape index (κ3) is 3.45. The van der Waals surface area contributed by atoms with Gasteiger partial charge in [-0.15, -0.1) is 0 Å². The van der Waals surface area contributed by atoms with E-state index in [2.05, 4.69) is 0 Å². The molecule has 1 aromatic carbocycles. The van der Waals surface area contributed by atoms with Crippen LogP contribution in [0.25, 0.3) is 0 Å². The Hall–Kier alpha value is -1.91. The predicted octanol–water partition coefficient (Wildman–Crippen LogP) is -1.22. The second-order valence-electron chi connectivity index (χ2n) is 5.39. The number of hydrogen-bond donors (Lipinski definition) is 5. The van der Waals surface area contributed by atoms with E-state index in [0.29, 0.717) is 0 Å². The van der Waals surface area contributed by atoms with Crippen LogP contribution in [-0.2, 0) is 4.74 Å². The topological polar surface area (TPSA) is 146 Å². The molecule has 1 aliphatic heterocycles. The Kier molecular flexibility index (Phi) is 5.62. The number of rotatable bonds is 5. The van der Waals surface area contributed by atoms with Crippen molar-refractivity contribution in [2.75, 3.05) is 13.7 Å². The summed E-state index contributed by atoms with van der Waals surface area (Å²) in [6.07, 6.45) is -7.44. The fourth-order valence-electron chi connectivity index (χ4n) is 2.47. The molecule has 0 unspecified atom stereocenters. The van der Waals surface area contributed by atoms with E-state index >= 15 is 0 Å². The quantitative estimate of drug-likeness (QED) is 0.415. The van der Waals surface area contributed by atoms with E-state index < -0.39 is 43.1 Å². The van der Waals surface area contributed by atoms with E-state index in [9.17, 15) is 30.3 Å². The number of aromatic hydroxyl groups is 1. The molecule has 0 spiro atoms. The minimum Gasteiger partial charge on any atom is -0.508 e. The number of carbonyl (C=O) groups excluding carboxylic acids is 1. The van der Waals surface area contributed by atoms with Gasteiger partial charge in [-0.25, -0.2) is 0 Å². The molecule has 9 heteroatoms. The van der Waals surface area contributed by atoms with Crippen LogP contribution in [0.3, 0.4) is 0 Å². The van der Waals surface area contributed by atoms with Gasteiger partial charge >= 0.3 is 0 Å². The lowest BCUT2D eigenvalue weighted by Gasteiger charge is -2.39. The molecule has 5 atom stereocenters. The van der Waals surface area contributed by atoms with Gasteiger partial charge in [0.1, 0.15) is 47.2 Å². The van der Waals surface area contributed by atoms with E-state index in [1.54, 1.807) is 0 Å². The van der Waals surface area contributed by atoms with Gasteiger partial charge in [-0.3, -0.25) is 4.79 Å². The molecule has 0 bridgehead atoms. The molecule has 0 saturated carbocycles. The summed E-state index contributed by atoms with van der Waals surface area (Å²) in [5.74, 6) is -0.756. The summed E-state index contributed by atoms with van der Waals surface area (Å²) in [6.45, 7) is 0.642. The average Bonchev–Trinajstić information content (AvgIpc) is 2.54. The first-order valence-corrected chi connectivity index (χ1v) is 7.19. The zero-order valence-corrected chi connectivity index (χ0v) is 13.1. The van der Waals surface area contributed by atoms with Crippen LogP contribution in [0.5, 0.6) is 17.2 Å². The highest BCUT2D eigenvalue weighted by atomic mass is 16.7. The van der Waals surface area contributed by atoms with E-state index in [1.165, 1.54) is 20.1 Å². The Labute approximate surface area is 137 Å². The van der Waals surface area contributed by atoms with Crippen LogP contribution in [0.15, 0.2) is 12.1 Å². The van der Waals surface area contributed by atoms with Gasteiger partial charge in [0.25, 0.3) is 0 Å². The first kappa shape index (κ1) is 18.4. The minimum absolute atomic E-state index is 0.00672. The van der Waals surface area contributed by atoms with E-state index in [4.69, 9.17) is 14.2 Å². The summed E-state index contributed by atoms with van der Waals surface area (Å²) in [5, 5.41) is 48.4. The first-order valence-electron chi connectivity index (χ1n) is 7.19. The highest BCUT2D eigenvalue weighted by Crippen LogP contribution is 2.36. The van der Waals surface area contributed by atoms with Gasteiger partial charge in [-0.05, 0) is 6.92 Å². The third-order valence-corrected chi connectivity index (χ3v) is 3.71. The van der Waals surface area contributed by atoms with Crippen molar-refractivity contribution in [3.63, 3.8) is 0 Å². The van der Waals surface area contributed by atoms with Crippen LogP contribution in [0.4, 0.5) is 0 Å². The van der Waals surface area contributed by atoms with Gasteiger partial charge in [0.2, 0.25) is 6.29 Å². The minimum atomic E-state index is -1.64. The lowest BCUT2D eigenvalue weighted by Crippen LogP contribution is -2.60. The lowest BCUT2D eigenvalue weighted by molar-refractivity contribution is -0.277. The molecule has 134 valence electrons. The van der Waals surface area contributed by atoms with Gasteiger partial charge < -0.3 is 39.7 Å². The second-order valence-corrected chi connectivity index (χ2v) is 5.39. The highest BCUT2D eigenvalue weighted by Gasteiger charge is 2.45. The van der Waals surface area contributed by atoms with Crippen LogP contribution >= 0.6 is 0 Å². The molecule has 0 aliphatic carbocycles. The number of benzene rings is 1. The number of Topliss-reactive ketones (excluding diaryl/α,β-unsaturated/α-hetero) is 1. The number of ketones is 1. The summed E-state index contributed by atoms with van der Waals surface area (Å²) >= 11 is 0. The number of hydrogen-bond acceptors (Lipinski definition) is 9. The summed E-state index contributed by atoms with van der Waals surface area (Å²) in [5.41, 5.74) is 0.00672. The van der Waals surface area contributed by atoms with Crippen LogP contribution in [0.2, 0.25) is 0 Å². The molecule has 24 heavy (non-hydrogen) atoms. The van der Waals surface area contributed by atoms with E-state index in [-0.39, 0.29) is 22.8 Å². The predicted molar refractivity (Wildman–Crippen MR) is 79.1 cm³/mol. The van der Waals surface area contributed by atoms with Gasteiger partial charge in [-0.1, -0.05) is 0 Å². The van der Waals surface area contributed by atoms with Gasteiger partial charge in [-0.2, -0.15) is 0 Å². The average molecular weight is 344 g/mol. The summed E-state index contributed by atoms with van der Waals surface area (Å²) in [6, 6.07) is 2.34. The number of aliphatic hydroxyl groups is 4. The largest absolute Gasteiger partial charge is 0.508 e. The van der Waals surface area contributed by atoms with Crippen molar-refractivity contribution < 1.29 is 44.5 Å². The molecule has 1 fully saturated rings. The summed E-state index contributed by atoms with van der Waals surface area (Å²) < 4.78 is 15.7. The SMILES string of the molecule is COc1cc(O)cc(O[C@H]2O[C@@H](CO)[C@H](O)[C@@H](O)[C@@H]2O)c1C(C)=O. The van der Waals surface area contributed by atoms with Crippen LogP contribution in [0.1, 0.15) is 17.3 Å². The van der Waals surface area contributed by atoms with E-state index in [1.807, 2.05) is 0 Å². The smallest absolute Gasteiger partial charge is 0.229 e. The van der Waals surface area contributed by atoms with Crippen LogP contribution in [-0.4, -0.2) is 75.7 Å². The van der Waals surface area contributed by atoms with Gasteiger partial charge in [0.05, 0.1) is 13.7 Å². The van der Waals surface area contributed by atoms with Crippen molar-refractivity contribution in [3.05, 3.63) is 17.7 Å². The Balaban J connectivity index is 2.36. The molecule has 0 amide bonds. The van der Waals surface area contributed by atoms with E-state index in [0.717, 1.165) is 6.07 Å². The van der Waals surface area contributed by atoms with Crippen molar-refractivity contribution in [3.8, 4) is 17.2 Å². The maximum absolute atomic E-state index is 11.8. The van der Waals surface area contributed by atoms with Crippen molar-refractivity contribution in [2.24, 2.45) is 0 Å². The molecular weight excluding hydrogens is 324 g/mol. The first-order chi connectivity index (χ1) is 11.3. The fourth-order valence-corrected chi connectivity index (χ4v) is 2.47. The van der Waals surface area contributed by atoms with Gasteiger partial charge in [0.15, 0.2) is 5.78 Å². The molecule has 1 aliphatic rings. The summed E-state index contributed by atoms with van der Waals surface area (Å²) in [4.78, 5) is 11.8. The number of carbonyl (C=O) groups is 1. The van der Waals surface area contributed by atoms with Crippen LogP contribution < -0.4 is 9.47 Å². The molecule has 2 rings (SSSR count). The Morgan fingerprint density at radius 3 is 2.33 bits per heavy atom. The maximum atomic E-state index is 11.8. The van der Waals surface area contributed by atoms with Crippen molar-refractivity contribution in [1.82, 2.24) is 0 Å². The summed E-state index contributed by atoms with van der Waals surface area (Å²) in [7, 11) is 1.30. The fraction of sp³-hybridized carbons (Fsp3) is 0.533. The highest BCUT2D eigenvalue weighted by molar-refractivity contribution is 6.00. The van der Waals surface area contributed by atoms with Crippen LogP contribution in [0, 0.1) is 0 Å². The number of methoxy groups -OCH3 is 1. The zero-order chi connectivity index (χ0) is 18.0. The zero-order valence-electron chi connectivity index (χ0n) is 13.1. The standard InChI is InChI=1S/C15H20O9/c1-6(17)11-8(22-2)3-7(18)4-9(11)23-15-14(21)13(20)12(19)10(5-16)24-15/h3-4,10,12-16,18-21H,5H2,1-2H3/t10-,12-,13+,14-,15-/m0/s1. The van der Waals surface area contributed by atoms with Crippen molar-refractivity contribution >= 4 is 5.78 Å². The lowest BCUT2D eigenvalue weighted by atomic mass is 9.99. The molecule has 1 saturated heterocycles. The Morgan fingerprint density at radius 1 is 1.17 bits per heavy atom. The van der Waals surface area contributed by atoms with Crippen molar-refractivity contribution in [1.29, 1.82) is 0 Å². The Morgan fingerprint density at radius 2 is 1.79 bits per heavy atom. The molecule has 0 aromatic heterocycles. The monoisotopic (exact) mass is 344 g/mol. The number of aliphatic hydroxyl groups excluding tert-OH is 4. The molecular formula is C15H20O9. The second kappa shape index (κ2) is 7.32. The molecule has 1 aromatic rings. The third-order valence-electron chi connectivity index (χ3n) is 3.71. The van der Waals surface area contributed by atoms with Gasteiger partial charge in [0, 0.05) is 12.1 Å². The molecule has 0 radical (unpaired) electrons. The molecule has 1 heterocycles. The molecule has 5 N–H and O–H groups in total.